The summed E-state index contributed by atoms with van der Waals surface area (Å²) in [6.45, 7) is 10.1. The van der Waals surface area contributed by atoms with Gasteiger partial charge in [-0.05, 0) is 6.92 Å². The first-order chi connectivity index (χ1) is 11.3. The van der Waals surface area contributed by atoms with E-state index in [9.17, 15) is 0 Å². The number of aliphatic imine (C=N–C) groups is 1. The van der Waals surface area contributed by atoms with Crippen LogP contribution in [0.1, 0.15) is 45.2 Å². The number of nitrogens with one attached hydrogen (secondary N) is 1. The minimum absolute atomic E-state index is 0. The second-order valence-corrected chi connectivity index (χ2v) is 6.69. The third-order valence-electron chi connectivity index (χ3n) is 3.54. The van der Waals surface area contributed by atoms with Gasteiger partial charge in [-0.1, -0.05) is 20.8 Å². The summed E-state index contributed by atoms with van der Waals surface area (Å²) in [5, 5.41) is 7.36. The molecule has 0 radical (unpaired) electrons. The van der Waals surface area contributed by atoms with Gasteiger partial charge in [0.05, 0.1) is 12.7 Å². The Morgan fingerprint density at radius 2 is 2.08 bits per heavy atom. The zero-order valence-electron chi connectivity index (χ0n) is 15.8. The molecule has 0 fully saturated rings. The predicted molar refractivity (Wildman–Crippen MR) is 108 cm³/mol. The molecule has 2 rings (SSSR count). The summed E-state index contributed by atoms with van der Waals surface area (Å²) in [7, 11) is 3.84. The summed E-state index contributed by atoms with van der Waals surface area (Å²) < 4.78 is 7.54. The van der Waals surface area contributed by atoms with Crippen molar-refractivity contribution in [3.63, 3.8) is 0 Å². The zero-order chi connectivity index (χ0) is 17.7. The van der Waals surface area contributed by atoms with Gasteiger partial charge >= 0.3 is 0 Å². The third-order valence-corrected chi connectivity index (χ3v) is 3.54. The van der Waals surface area contributed by atoms with Gasteiger partial charge in [0, 0.05) is 26.1 Å². The van der Waals surface area contributed by atoms with Crippen molar-refractivity contribution < 1.29 is 4.42 Å². The smallest absolute Gasteiger partial charge is 0.216 e. The van der Waals surface area contributed by atoms with Crippen LogP contribution in [0.2, 0.25) is 0 Å². The average molecular weight is 461 g/mol. The molecule has 0 aliphatic heterocycles. The van der Waals surface area contributed by atoms with Gasteiger partial charge in [0.25, 0.3) is 0 Å². The van der Waals surface area contributed by atoms with Gasteiger partial charge in [-0.2, -0.15) is 5.10 Å². The summed E-state index contributed by atoms with van der Waals surface area (Å²) in [5.74, 6) is 3.12. The van der Waals surface area contributed by atoms with Crippen molar-refractivity contribution in [3.8, 4) is 0 Å². The summed E-state index contributed by atoms with van der Waals surface area (Å²) in [6.07, 6.45) is 3.33. The molecule has 0 amide bonds. The Kier molecular flexibility index (Phi) is 7.84. The summed E-state index contributed by atoms with van der Waals surface area (Å²) in [5.41, 5.74) is -0.0541. The molecular formula is C16H28IN7O. The van der Waals surface area contributed by atoms with Crippen molar-refractivity contribution in [1.29, 1.82) is 0 Å². The third kappa shape index (κ3) is 5.98. The fourth-order valence-electron chi connectivity index (χ4n) is 2.09. The zero-order valence-corrected chi connectivity index (χ0v) is 18.1. The highest BCUT2D eigenvalue weighted by molar-refractivity contribution is 14.0. The number of halogens is 1. The van der Waals surface area contributed by atoms with E-state index in [1.807, 2.05) is 25.9 Å². The van der Waals surface area contributed by atoms with Crippen LogP contribution in [0.15, 0.2) is 21.9 Å². The van der Waals surface area contributed by atoms with Crippen molar-refractivity contribution in [2.75, 3.05) is 13.6 Å². The van der Waals surface area contributed by atoms with Crippen LogP contribution in [-0.4, -0.2) is 44.2 Å². The molecule has 1 N–H and O–H groups in total. The molecule has 8 nitrogen and oxygen atoms in total. The van der Waals surface area contributed by atoms with E-state index in [0.717, 1.165) is 24.1 Å². The van der Waals surface area contributed by atoms with Crippen molar-refractivity contribution in [1.82, 2.24) is 30.0 Å². The van der Waals surface area contributed by atoms with E-state index < -0.39 is 0 Å². The van der Waals surface area contributed by atoms with E-state index in [1.54, 1.807) is 17.2 Å². The Morgan fingerprint density at radius 1 is 1.36 bits per heavy atom. The van der Waals surface area contributed by atoms with E-state index in [-0.39, 0.29) is 29.4 Å². The Balaban J connectivity index is 0.00000312. The highest BCUT2D eigenvalue weighted by Gasteiger charge is 2.19. The van der Waals surface area contributed by atoms with Crippen LogP contribution < -0.4 is 5.32 Å². The highest BCUT2D eigenvalue weighted by atomic mass is 127. The van der Waals surface area contributed by atoms with Crippen LogP contribution >= 0.6 is 24.0 Å². The monoisotopic (exact) mass is 461 g/mol. The van der Waals surface area contributed by atoms with E-state index in [2.05, 4.69) is 46.1 Å². The minimum atomic E-state index is -0.0541. The summed E-state index contributed by atoms with van der Waals surface area (Å²) in [4.78, 5) is 15.2. The number of hydrogen-bond acceptors (Lipinski definition) is 5. The molecule has 0 aliphatic carbocycles. The molecule has 25 heavy (non-hydrogen) atoms. The normalized spacial score (nSPS) is 12.0. The van der Waals surface area contributed by atoms with E-state index >= 15 is 0 Å². The van der Waals surface area contributed by atoms with Crippen LogP contribution in [0.4, 0.5) is 0 Å². The lowest BCUT2D eigenvalue weighted by molar-refractivity contribution is 0.382. The maximum atomic E-state index is 5.79. The molecule has 9 heteroatoms. The Morgan fingerprint density at radius 3 is 2.60 bits per heavy atom. The number of oxazole rings is 1. The quantitative estimate of drug-likeness (QED) is 0.418. The fraction of sp³-hybridized carbons (Fsp3) is 0.625. The van der Waals surface area contributed by atoms with Crippen molar-refractivity contribution in [2.45, 2.75) is 46.2 Å². The lowest BCUT2D eigenvalue weighted by Gasteiger charge is -2.21. The first-order valence-electron chi connectivity index (χ1n) is 8.08. The molecule has 2 heterocycles. The van der Waals surface area contributed by atoms with Crippen LogP contribution in [0, 0.1) is 0 Å². The van der Waals surface area contributed by atoms with Crippen LogP contribution in [0.3, 0.4) is 0 Å². The maximum Gasteiger partial charge on any atom is 0.216 e. The molecule has 0 unspecified atom stereocenters. The molecule has 140 valence electrons. The molecule has 2 aromatic rings. The fourth-order valence-corrected chi connectivity index (χ4v) is 2.09. The first kappa shape index (κ1) is 21.4. The average Bonchev–Trinajstić information content (AvgIpc) is 3.13. The SMILES string of the molecule is CCNC(=NCc1ncc(C(C)(C)C)o1)N(C)Cc1ncnn1C.I. The van der Waals surface area contributed by atoms with Crippen molar-refractivity contribution in [3.05, 3.63) is 30.0 Å². The van der Waals surface area contributed by atoms with E-state index in [1.165, 1.54) is 0 Å². The van der Waals surface area contributed by atoms with E-state index in [0.29, 0.717) is 19.0 Å². The molecule has 0 bridgehead atoms. The molecular weight excluding hydrogens is 433 g/mol. The molecule has 0 spiro atoms. The first-order valence-corrected chi connectivity index (χ1v) is 8.08. The minimum Gasteiger partial charge on any atom is -0.443 e. The molecule has 0 aromatic carbocycles. The Bertz CT molecular complexity index is 687. The second kappa shape index (κ2) is 9.16. The number of aromatic nitrogens is 4. The molecule has 0 aliphatic rings. The van der Waals surface area contributed by atoms with Crippen LogP contribution in [0.25, 0.3) is 0 Å². The van der Waals surface area contributed by atoms with Gasteiger partial charge in [-0.3, -0.25) is 4.68 Å². The largest absolute Gasteiger partial charge is 0.443 e. The molecule has 0 saturated heterocycles. The second-order valence-electron chi connectivity index (χ2n) is 6.69. The summed E-state index contributed by atoms with van der Waals surface area (Å²) >= 11 is 0. The van der Waals surface area contributed by atoms with Gasteiger partial charge in [0.1, 0.15) is 24.5 Å². The number of rotatable bonds is 5. The lowest BCUT2D eigenvalue weighted by atomic mass is 9.94. The van der Waals surface area contributed by atoms with Gasteiger partial charge in [-0.25, -0.2) is 15.0 Å². The number of guanidine groups is 1. The van der Waals surface area contributed by atoms with Gasteiger partial charge in [0.15, 0.2) is 5.96 Å². The van der Waals surface area contributed by atoms with Gasteiger partial charge < -0.3 is 14.6 Å². The van der Waals surface area contributed by atoms with Crippen LogP contribution in [-0.2, 0) is 25.6 Å². The van der Waals surface area contributed by atoms with Gasteiger partial charge in [0.2, 0.25) is 5.89 Å². The Hall–Kier alpha value is -1.65. The molecule has 0 saturated carbocycles. The standard InChI is InChI=1S/C16H27N7O.HI/c1-7-17-15(22(5)10-13-20-11-21-23(13)6)19-9-14-18-8-12(24-14)16(2,3)4;/h8,11H,7,9-10H2,1-6H3,(H,17,19);1H. The highest BCUT2D eigenvalue weighted by Crippen LogP contribution is 2.22. The topological polar surface area (TPSA) is 84.4 Å². The lowest BCUT2D eigenvalue weighted by Crippen LogP contribution is -2.39. The maximum absolute atomic E-state index is 5.79. The van der Waals surface area contributed by atoms with E-state index in [4.69, 9.17) is 4.42 Å². The van der Waals surface area contributed by atoms with Gasteiger partial charge in [-0.15, -0.1) is 24.0 Å². The number of aryl methyl sites for hydroxylation is 1. The van der Waals surface area contributed by atoms with Crippen LogP contribution in [0.5, 0.6) is 0 Å². The number of nitrogens with zero attached hydrogens (tertiary/aromatic N) is 6. The number of hydrogen-bond donors (Lipinski definition) is 1. The predicted octanol–water partition coefficient (Wildman–Crippen LogP) is 2.32. The molecule has 2 aromatic heterocycles. The van der Waals surface area contributed by atoms with Crippen molar-refractivity contribution >= 4 is 29.9 Å². The molecule has 0 atom stereocenters. The van der Waals surface area contributed by atoms with Crippen molar-refractivity contribution in [2.24, 2.45) is 12.0 Å². The Labute approximate surface area is 166 Å². The summed E-state index contributed by atoms with van der Waals surface area (Å²) in [6, 6.07) is 0.